The topological polar surface area (TPSA) is 115 Å². The Hall–Kier alpha value is -4.12. The van der Waals surface area contributed by atoms with E-state index in [9.17, 15) is 14.4 Å². The fraction of sp³-hybridized carbons (Fsp3) is 0.379. The number of esters is 1. The molecule has 0 unspecified atom stereocenters. The van der Waals surface area contributed by atoms with E-state index in [0.717, 1.165) is 24.0 Å². The number of carbonyl (C=O) groups is 3. The molecule has 1 amide bonds. The Morgan fingerprint density at radius 2 is 1.65 bits per heavy atom. The largest absolute Gasteiger partial charge is 0.494 e. The van der Waals surface area contributed by atoms with Crippen LogP contribution in [-0.2, 0) is 20.7 Å². The van der Waals surface area contributed by atoms with Gasteiger partial charge in [-0.3, -0.25) is 4.79 Å². The van der Waals surface area contributed by atoms with Crippen LogP contribution in [0.1, 0.15) is 60.5 Å². The molecule has 0 saturated carbocycles. The first-order valence-electron chi connectivity index (χ1n) is 12.5. The Labute approximate surface area is 218 Å². The van der Waals surface area contributed by atoms with Crippen LogP contribution >= 0.6 is 0 Å². The van der Waals surface area contributed by atoms with Gasteiger partial charge in [0.15, 0.2) is 5.78 Å². The number of rotatable bonds is 16. The highest BCUT2D eigenvalue weighted by Crippen LogP contribution is 2.15. The van der Waals surface area contributed by atoms with Crippen LogP contribution < -0.4 is 10.1 Å². The second-order valence-corrected chi connectivity index (χ2v) is 8.25. The van der Waals surface area contributed by atoms with Crippen molar-refractivity contribution in [3.63, 3.8) is 0 Å². The van der Waals surface area contributed by atoms with Crippen molar-refractivity contribution in [1.82, 2.24) is 5.32 Å². The zero-order valence-corrected chi connectivity index (χ0v) is 21.2. The molecule has 196 valence electrons. The van der Waals surface area contributed by atoms with Gasteiger partial charge in [0.05, 0.1) is 25.9 Å². The zero-order chi connectivity index (χ0) is 26.7. The van der Waals surface area contributed by atoms with Crippen molar-refractivity contribution in [1.29, 1.82) is 5.26 Å². The summed E-state index contributed by atoms with van der Waals surface area (Å²) in [6.45, 7) is 3.42. The van der Waals surface area contributed by atoms with E-state index in [-0.39, 0.29) is 25.4 Å². The number of benzene rings is 2. The summed E-state index contributed by atoms with van der Waals surface area (Å²) in [5, 5.41) is 11.2. The van der Waals surface area contributed by atoms with E-state index in [0.29, 0.717) is 43.7 Å². The number of nitrogens with zero attached hydrogens (tertiary/aromatic N) is 1. The van der Waals surface area contributed by atoms with E-state index in [1.165, 1.54) is 6.08 Å². The van der Waals surface area contributed by atoms with Crippen molar-refractivity contribution in [3.8, 4) is 11.8 Å². The Kier molecular flexibility index (Phi) is 13.6. The van der Waals surface area contributed by atoms with Gasteiger partial charge in [0, 0.05) is 37.4 Å². The van der Waals surface area contributed by atoms with Crippen molar-refractivity contribution in [2.45, 2.75) is 45.4 Å². The second-order valence-electron chi connectivity index (χ2n) is 8.25. The van der Waals surface area contributed by atoms with E-state index < -0.39 is 12.1 Å². The molecule has 0 saturated heterocycles. The molecular weight excluding hydrogens is 472 g/mol. The molecule has 2 rings (SSSR count). The first kappa shape index (κ1) is 29.1. The number of hydrogen-bond donors (Lipinski definition) is 1. The Morgan fingerprint density at radius 3 is 2.35 bits per heavy atom. The minimum atomic E-state index is -0.482. The minimum Gasteiger partial charge on any atom is -0.494 e. The predicted molar refractivity (Wildman–Crippen MR) is 140 cm³/mol. The molecule has 2 aromatic carbocycles. The van der Waals surface area contributed by atoms with E-state index in [1.54, 1.807) is 30.3 Å². The van der Waals surface area contributed by atoms with Crippen molar-refractivity contribution in [2.75, 3.05) is 26.4 Å². The molecule has 0 heterocycles. The lowest BCUT2D eigenvalue weighted by atomic mass is 10.0. The molecular formula is C29H34N2O6. The molecule has 37 heavy (non-hydrogen) atoms. The van der Waals surface area contributed by atoms with Crippen LogP contribution in [-0.4, -0.2) is 44.2 Å². The van der Waals surface area contributed by atoms with Crippen molar-refractivity contribution in [3.05, 3.63) is 71.3 Å². The molecule has 2 aromatic rings. The lowest BCUT2D eigenvalue weighted by Crippen LogP contribution is -2.25. The monoisotopic (exact) mass is 506 g/mol. The molecule has 0 atom stereocenters. The molecule has 0 fully saturated rings. The summed E-state index contributed by atoms with van der Waals surface area (Å²) in [7, 11) is 0. The molecule has 0 bridgehead atoms. The fourth-order valence-electron chi connectivity index (χ4n) is 3.14. The summed E-state index contributed by atoms with van der Waals surface area (Å²) in [6, 6.07) is 16.4. The number of amides is 1. The number of ether oxygens (including phenoxy) is 3. The Bertz CT molecular complexity index is 1060. The van der Waals surface area contributed by atoms with Crippen LogP contribution in [0.2, 0.25) is 0 Å². The van der Waals surface area contributed by atoms with Crippen LogP contribution in [0.25, 0.3) is 6.08 Å². The van der Waals surface area contributed by atoms with E-state index in [2.05, 4.69) is 11.4 Å². The number of alkyl carbamates (subject to hydrolysis) is 1. The first-order valence-corrected chi connectivity index (χ1v) is 12.5. The lowest BCUT2D eigenvalue weighted by Gasteiger charge is -2.07. The predicted octanol–water partition coefficient (Wildman–Crippen LogP) is 5.27. The van der Waals surface area contributed by atoms with Gasteiger partial charge in [0.25, 0.3) is 0 Å². The lowest BCUT2D eigenvalue weighted by molar-refractivity contribution is -0.137. The smallest absolute Gasteiger partial charge is 0.407 e. The second kappa shape index (κ2) is 17.3. The van der Waals surface area contributed by atoms with Crippen molar-refractivity contribution >= 4 is 23.9 Å². The van der Waals surface area contributed by atoms with Gasteiger partial charge in [-0.2, -0.15) is 5.26 Å². The third kappa shape index (κ3) is 12.4. The van der Waals surface area contributed by atoms with Gasteiger partial charge in [-0.1, -0.05) is 37.6 Å². The fourth-order valence-corrected chi connectivity index (χ4v) is 3.14. The third-order valence-corrected chi connectivity index (χ3v) is 5.20. The van der Waals surface area contributed by atoms with Crippen LogP contribution in [0.4, 0.5) is 4.79 Å². The molecule has 0 radical (unpaired) electrons. The maximum Gasteiger partial charge on any atom is 0.407 e. The molecule has 0 aromatic heterocycles. The summed E-state index contributed by atoms with van der Waals surface area (Å²) in [4.78, 5) is 35.9. The number of unbranched alkanes of at least 4 members (excludes halogenated alkanes) is 2. The van der Waals surface area contributed by atoms with Crippen LogP contribution in [0.5, 0.6) is 5.75 Å². The minimum absolute atomic E-state index is 0.00896. The SMILES string of the molecule is CCCCNC(=O)OCCCOC(=O)/C=C/c1ccc(CC(=O)c2ccc(OCCCC#N)cc2)cc1. The maximum atomic E-state index is 12.6. The van der Waals surface area contributed by atoms with E-state index in [1.807, 2.05) is 31.2 Å². The van der Waals surface area contributed by atoms with Gasteiger partial charge in [0.1, 0.15) is 5.75 Å². The van der Waals surface area contributed by atoms with Crippen LogP contribution in [0, 0.1) is 11.3 Å². The van der Waals surface area contributed by atoms with Gasteiger partial charge in [-0.05, 0) is 54.3 Å². The van der Waals surface area contributed by atoms with Gasteiger partial charge >= 0.3 is 12.1 Å². The molecule has 0 aliphatic carbocycles. The summed E-state index contributed by atoms with van der Waals surface area (Å²) >= 11 is 0. The molecule has 0 aliphatic heterocycles. The average molecular weight is 507 g/mol. The first-order chi connectivity index (χ1) is 18.0. The number of hydrogen-bond acceptors (Lipinski definition) is 7. The van der Waals surface area contributed by atoms with Crippen LogP contribution in [0.15, 0.2) is 54.6 Å². The van der Waals surface area contributed by atoms with E-state index in [4.69, 9.17) is 19.5 Å². The summed E-state index contributed by atoms with van der Waals surface area (Å²) < 4.78 is 15.7. The highest BCUT2D eigenvalue weighted by Gasteiger charge is 2.08. The van der Waals surface area contributed by atoms with Gasteiger partial charge in [-0.25, -0.2) is 9.59 Å². The number of nitrogens with one attached hydrogen (secondary N) is 1. The molecule has 8 heteroatoms. The third-order valence-electron chi connectivity index (χ3n) is 5.20. The van der Waals surface area contributed by atoms with E-state index >= 15 is 0 Å². The summed E-state index contributed by atoms with van der Waals surface area (Å²) in [5.74, 6) is 0.178. The summed E-state index contributed by atoms with van der Waals surface area (Å²) in [6.07, 6.45) is 6.20. The standard InChI is InChI=1S/C29H34N2O6/c1-2-3-18-31-29(34)37-21-6-20-36-28(33)16-11-23-7-9-24(10-8-23)22-27(32)25-12-14-26(15-13-25)35-19-5-4-17-30/h7-16H,2-6,18-22H2,1H3,(H,31,34)/b16-11+. The quantitative estimate of drug-likeness (QED) is 0.143. The molecule has 1 N–H and O–H groups in total. The van der Waals surface area contributed by atoms with Crippen molar-refractivity contribution < 1.29 is 28.6 Å². The van der Waals surface area contributed by atoms with Gasteiger partial charge in [-0.15, -0.1) is 0 Å². The normalized spacial score (nSPS) is 10.5. The Balaban J connectivity index is 1.68. The highest BCUT2D eigenvalue weighted by atomic mass is 16.6. The van der Waals surface area contributed by atoms with Crippen molar-refractivity contribution in [2.24, 2.45) is 0 Å². The number of Topliss-reactive ketones (excluding diaryl/α,β-unsaturated/α-hetero) is 1. The zero-order valence-electron chi connectivity index (χ0n) is 21.2. The number of ketones is 1. The number of carbonyl (C=O) groups excluding carboxylic acids is 3. The van der Waals surface area contributed by atoms with Crippen LogP contribution in [0.3, 0.4) is 0 Å². The summed E-state index contributed by atoms with van der Waals surface area (Å²) in [5.41, 5.74) is 2.26. The average Bonchev–Trinajstić information content (AvgIpc) is 2.91. The van der Waals surface area contributed by atoms with Gasteiger partial charge in [0.2, 0.25) is 0 Å². The maximum absolute atomic E-state index is 12.6. The molecule has 0 aliphatic rings. The van der Waals surface area contributed by atoms with Gasteiger partial charge < -0.3 is 19.5 Å². The highest BCUT2D eigenvalue weighted by molar-refractivity contribution is 5.97. The number of nitriles is 1. The molecule has 0 spiro atoms. The molecule has 8 nitrogen and oxygen atoms in total. The Morgan fingerprint density at radius 1 is 0.919 bits per heavy atom.